The molecule has 0 aromatic carbocycles. The Labute approximate surface area is 88.3 Å². The van der Waals surface area contributed by atoms with E-state index in [0.29, 0.717) is 29.4 Å². The van der Waals surface area contributed by atoms with Crippen LogP contribution >= 0.6 is 12.2 Å². The number of nitrogens with zero attached hydrogens (tertiary/aromatic N) is 2. The lowest BCUT2D eigenvalue weighted by atomic mass is 10.4. The second-order valence-corrected chi connectivity index (χ2v) is 3.62. The summed E-state index contributed by atoms with van der Waals surface area (Å²) in [4.78, 5) is 4.03. The molecule has 1 aromatic heterocycles. The van der Waals surface area contributed by atoms with Crippen molar-refractivity contribution >= 4 is 17.3 Å². The lowest BCUT2D eigenvalue weighted by molar-refractivity contribution is 0.387. The van der Waals surface area contributed by atoms with Crippen LogP contribution in [0.3, 0.4) is 0 Å². The van der Waals surface area contributed by atoms with Crippen LogP contribution in [-0.4, -0.2) is 21.3 Å². The molecule has 1 aromatic rings. The summed E-state index contributed by atoms with van der Waals surface area (Å²) in [5, 5.41) is 10.4. The predicted octanol–water partition coefficient (Wildman–Crippen LogP) is 0.751. The molecule has 0 saturated heterocycles. The molecule has 0 aliphatic rings. The van der Waals surface area contributed by atoms with Crippen LogP contribution < -0.4 is 10.6 Å². The van der Waals surface area contributed by atoms with E-state index in [2.05, 4.69) is 20.8 Å². The zero-order chi connectivity index (χ0) is 10.6. The summed E-state index contributed by atoms with van der Waals surface area (Å²) in [5.74, 6) is 1.17. The fourth-order valence-corrected chi connectivity index (χ4v) is 1.19. The minimum Gasteiger partial charge on any atom is -0.361 e. The van der Waals surface area contributed by atoms with Crippen LogP contribution in [0.4, 0.5) is 0 Å². The van der Waals surface area contributed by atoms with Gasteiger partial charge in [-0.05, 0) is 26.1 Å². The maximum absolute atomic E-state index is 5.03. The summed E-state index contributed by atoms with van der Waals surface area (Å²) in [5.41, 5.74) is 0. The number of rotatable bonds is 3. The van der Waals surface area contributed by atoms with E-state index in [-0.39, 0.29) is 0 Å². The highest BCUT2D eigenvalue weighted by atomic mass is 32.1. The first-order valence-electron chi connectivity index (χ1n) is 4.41. The Morgan fingerprint density at radius 3 is 2.79 bits per heavy atom. The Balaban J connectivity index is 2.30. The zero-order valence-electron chi connectivity index (χ0n) is 8.50. The van der Waals surface area contributed by atoms with Crippen molar-refractivity contribution in [3.63, 3.8) is 0 Å². The number of aryl methyl sites for hydroxylation is 1. The molecule has 0 unspecified atom stereocenters. The first kappa shape index (κ1) is 10.9. The number of nitrogens with one attached hydrogen (secondary N) is 2. The van der Waals surface area contributed by atoms with Crippen LogP contribution in [0.25, 0.3) is 0 Å². The first-order chi connectivity index (χ1) is 6.58. The Hall–Kier alpha value is -1.17. The van der Waals surface area contributed by atoms with E-state index in [0.717, 1.165) is 0 Å². The van der Waals surface area contributed by atoms with Crippen LogP contribution in [-0.2, 0) is 6.54 Å². The van der Waals surface area contributed by atoms with E-state index < -0.39 is 0 Å². The van der Waals surface area contributed by atoms with Gasteiger partial charge in [-0.1, -0.05) is 5.16 Å². The minimum absolute atomic E-state index is 0.321. The van der Waals surface area contributed by atoms with E-state index in [1.54, 1.807) is 6.92 Å². The van der Waals surface area contributed by atoms with Gasteiger partial charge in [0, 0.05) is 13.0 Å². The molecule has 1 rings (SSSR count). The molecule has 0 bridgehead atoms. The highest BCUT2D eigenvalue weighted by molar-refractivity contribution is 7.80. The van der Waals surface area contributed by atoms with Gasteiger partial charge in [0.05, 0.1) is 6.54 Å². The number of hydrogen-bond donors (Lipinski definition) is 2. The van der Waals surface area contributed by atoms with E-state index in [1.165, 1.54) is 0 Å². The highest BCUT2D eigenvalue weighted by Gasteiger charge is 2.03. The molecular weight excluding hydrogens is 200 g/mol. The fraction of sp³-hybridized carbons (Fsp3) is 0.625. The van der Waals surface area contributed by atoms with Crippen molar-refractivity contribution in [2.75, 3.05) is 0 Å². The van der Waals surface area contributed by atoms with Crippen LogP contribution in [0.2, 0.25) is 0 Å². The fourth-order valence-electron chi connectivity index (χ4n) is 0.886. The van der Waals surface area contributed by atoms with Gasteiger partial charge in [-0.2, -0.15) is 4.98 Å². The molecule has 0 fully saturated rings. The average molecular weight is 214 g/mol. The van der Waals surface area contributed by atoms with Gasteiger partial charge in [0.2, 0.25) is 5.89 Å². The molecule has 14 heavy (non-hydrogen) atoms. The smallest absolute Gasteiger partial charge is 0.223 e. The molecule has 1 heterocycles. The molecule has 0 aliphatic carbocycles. The van der Waals surface area contributed by atoms with E-state index in [9.17, 15) is 0 Å². The Bertz CT molecular complexity index is 310. The van der Waals surface area contributed by atoms with Crippen LogP contribution in [0.15, 0.2) is 4.52 Å². The second kappa shape index (κ2) is 4.90. The van der Waals surface area contributed by atoms with E-state index >= 15 is 0 Å². The van der Waals surface area contributed by atoms with Crippen LogP contribution in [0.1, 0.15) is 25.6 Å². The molecule has 78 valence electrons. The number of hydrogen-bond acceptors (Lipinski definition) is 4. The van der Waals surface area contributed by atoms with Crippen molar-refractivity contribution in [3.05, 3.63) is 11.7 Å². The summed E-state index contributed by atoms with van der Waals surface area (Å²) >= 11 is 5.03. The third kappa shape index (κ3) is 3.69. The molecule has 6 heteroatoms. The van der Waals surface area contributed by atoms with Gasteiger partial charge in [-0.25, -0.2) is 0 Å². The van der Waals surface area contributed by atoms with Gasteiger partial charge in [0.15, 0.2) is 10.9 Å². The monoisotopic (exact) mass is 214 g/mol. The third-order valence-electron chi connectivity index (χ3n) is 1.40. The summed E-state index contributed by atoms with van der Waals surface area (Å²) in [6, 6.07) is 0.321. The standard InChI is InChI=1S/C8H14N4OS/c1-5(2)10-8(14)9-4-7-11-6(3)13-12-7/h5H,4H2,1-3H3,(H2,9,10,14). The summed E-state index contributed by atoms with van der Waals surface area (Å²) in [6.07, 6.45) is 0. The van der Waals surface area contributed by atoms with Gasteiger partial charge in [0.25, 0.3) is 0 Å². The average Bonchev–Trinajstić information content (AvgIpc) is 2.47. The first-order valence-corrected chi connectivity index (χ1v) is 4.82. The van der Waals surface area contributed by atoms with Gasteiger partial charge >= 0.3 is 0 Å². The Kier molecular flexibility index (Phi) is 3.82. The quantitative estimate of drug-likeness (QED) is 0.724. The highest BCUT2D eigenvalue weighted by Crippen LogP contribution is 1.93. The molecular formula is C8H14N4OS. The van der Waals surface area contributed by atoms with Gasteiger partial charge in [0.1, 0.15) is 0 Å². The largest absolute Gasteiger partial charge is 0.361 e. The normalized spacial score (nSPS) is 10.3. The summed E-state index contributed by atoms with van der Waals surface area (Å²) in [6.45, 7) is 6.27. The molecule has 2 N–H and O–H groups in total. The molecule has 0 aliphatic heterocycles. The topological polar surface area (TPSA) is 63.0 Å². The molecule has 0 saturated carbocycles. The number of aromatic nitrogens is 2. The van der Waals surface area contributed by atoms with Crippen molar-refractivity contribution in [2.24, 2.45) is 0 Å². The Morgan fingerprint density at radius 1 is 1.57 bits per heavy atom. The maximum Gasteiger partial charge on any atom is 0.223 e. The molecule has 0 radical (unpaired) electrons. The predicted molar refractivity (Wildman–Crippen MR) is 56.7 cm³/mol. The lowest BCUT2D eigenvalue weighted by Crippen LogP contribution is -2.38. The van der Waals surface area contributed by atoms with Crippen molar-refractivity contribution in [2.45, 2.75) is 33.4 Å². The lowest BCUT2D eigenvalue weighted by Gasteiger charge is -2.11. The minimum atomic E-state index is 0.321. The van der Waals surface area contributed by atoms with Crippen LogP contribution in [0.5, 0.6) is 0 Å². The van der Waals surface area contributed by atoms with Gasteiger partial charge in [-0.15, -0.1) is 0 Å². The number of thiocarbonyl (C=S) groups is 1. The Morgan fingerprint density at radius 2 is 2.29 bits per heavy atom. The zero-order valence-corrected chi connectivity index (χ0v) is 9.31. The molecule has 0 atom stereocenters. The summed E-state index contributed by atoms with van der Waals surface area (Å²) < 4.78 is 4.81. The van der Waals surface area contributed by atoms with Crippen molar-refractivity contribution in [3.8, 4) is 0 Å². The van der Waals surface area contributed by atoms with Gasteiger partial charge in [-0.3, -0.25) is 0 Å². The molecule has 5 nitrogen and oxygen atoms in total. The van der Waals surface area contributed by atoms with Crippen molar-refractivity contribution in [1.29, 1.82) is 0 Å². The molecule has 0 spiro atoms. The van der Waals surface area contributed by atoms with Crippen LogP contribution in [0, 0.1) is 6.92 Å². The summed E-state index contributed by atoms with van der Waals surface area (Å²) in [7, 11) is 0. The SMILES string of the molecule is Cc1nc(CNC(=S)NC(C)C)no1. The molecule has 0 amide bonds. The van der Waals surface area contributed by atoms with Crippen molar-refractivity contribution in [1.82, 2.24) is 20.8 Å². The van der Waals surface area contributed by atoms with E-state index in [1.807, 2.05) is 13.8 Å². The maximum atomic E-state index is 5.03. The van der Waals surface area contributed by atoms with Gasteiger partial charge < -0.3 is 15.2 Å². The van der Waals surface area contributed by atoms with Crippen molar-refractivity contribution < 1.29 is 4.52 Å². The van der Waals surface area contributed by atoms with E-state index in [4.69, 9.17) is 16.7 Å². The third-order valence-corrected chi connectivity index (χ3v) is 1.66. The second-order valence-electron chi connectivity index (χ2n) is 3.21.